The summed E-state index contributed by atoms with van der Waals surface area (Å²) < 4.78 is 5.80. The molecular weight excluding hydrogens is 434 g/mol. The van der Waals surface area contributed by atoms with Crippen LogP contribution in [0.3, 0.4) is 0 Å². The van der Waals surface area contributed by atoms with Gasteiger partial charge in [-0.1, -0.05) is 42.5 Å². The summed E-state index contributed by atoms with van der Waals surface area (Å²) in [5.41, 5.74) is 3.50. The molecule has 1 aromatic heterocycles. The molecule has 172 valence electrons. The van der Waals surface area contributed by atoms with Crippen LogP contribution in [0, 0.1) is 0 Å². The molecular formula is C26H29N3O3S. The maximum atomic E-state index is 12.4. The zero-order chi connectivity index (χ0) is 22.9. The van der Waals surface area contributed by atoms with Gasteiger partial charge < -0.3 is 20.3 Å². The second-order valence-corrected chi connectivity index (χ2v) is 9.04. The van der Waals surface area contributed by atoms with Gasteiger partial charge in [0.15, 0.2) is 0 Å². The molecule has 1 aliphatic heterocycles. The van der Waals surface area contributed by atoms with Crippen molar-refractivity contribution in [2.45, 2.75) is 32.4 Å². The largest absolute Gasteiger partial charge is 0.489 e. The van der Waals surface area contributed by atoms with E-state index in [4.69, 9.17) is 4.74 Å². The zero-order valence-electron chi connectivity index (χ0n) is 18.6. The Bertz CT molecular complexity index is 1050. The highest BCUT2D eigenvalue weighted by Gasteiger charge is 2.21. The lowest BCUT2D eigenvalue weighted by molar-refractivity contribution is -0.131. The molecule has 33 heavy (non-hydrogen) atoms. The summed E-state index contributed by atoms with van der Waals surface area (Å²) in [6, 6.07) is 19.8. The molecule has 2 aromatic carbocycles. The number of thiophene rings is 1. The third-order valence-corrected chi connectivity index (χ3v) is 6.68. The number of nitrogens with one attached hydrogen (secondary N) is 2. The minimum absolute atomic E-state index is 0.0849. The maximum Gasteiger partial charge on any atom is 0.314 e. The lowest BCUT2D eigenvalue weighted by Crippen LogP contribution is -2.40. The van der Waals surface area contributed by atoms with Crippen LogP contribution in [0.2, 0.25) is 0 Å². The van der Waals surface area contributed by atoms with Crippen LogP contribution < -0.4 is 15.4 Å². The lowest BCUT2D eigenvalue weighted by Gasteiger charge is -2.27. The van der Waals surface area contributed by atoms with Crippen LogP contribution in [-0.4, -0.2) is 36.5 Å². The van der Waals surface area contributed by atoms with E-state index in [1.807, 2.05) is 59.5 Å². The van der Waals surface area contributed by atoms with Crippen LogP contribution in [0.5, 0.6) is 5.75 Å². The summed E-state index contributed by atoms with van der Waals surface area (Å²) in [7, 11) is 0. The molecule has 2 N–H and O–H groups in total. The fourth-order valence-electron chi connectivity index (χ4n) is 3.78. The van der Waals surface area contributed by atoms with Crippen molar-refractivity contribution in [1.82, 2.24) is 15.5 Å². The van der Waals surface area contributed by atoms with Gasteiger partial charge in [0.05, 0.1) is 0 Å². The highest BCUT2D eigenvalue weighted by atomic mass is 32.1. The summed E-state index contributed by atoms with van der Waals surface area (Å²) in [6.45, 7) is 2.84. The van der Waals surface area contributed by atoms with Gasteiger partial charge in [0.1, 0.15) is 12.4 Å². The molecule has 0 unspecified atom stereocenters. The molecule has 3 aromatic rings. The van der Waals surface area contributed by atoms with Crippen LogP contribution in [0.4, 0.5) is 4.79 Å². The Morgan fingerprint density at radius 3 is 2.55 bits per heavy atom. The summed E-state index contributed by atoms with van der Waals surface area (Å²) in [5, 5.41) is 7.71. The van der Waals surface area contributed by atoms with E-state index in [9.17, 15) is 9.59 Å². The number of carbonyl (C=O) groups excluding carboxylic acids is 2. The van der Waals surface area contributed by atoms with E-state index >= 15 is 0 Å². The molecule has 0 saturated carbocycles. The molecule has 0 aliphatic carbocycles. The van der Waals surface area contributed by atoms with Gasteiger partial charge in [0.2, 0.25) is 5.91 Å². The Morgan fingerprint density at radius 1 is 0.939 bits per heavy atom. The number of hydrogen-bond acceptors (Lipinski definition) is 4. The molecule has 0 radical (unpaired) electrons. The maximum absolute atomic E-state index is 12.4. The first-order valence-corrected chi connectivity index (χ1v) is 12.2. The van der Waals surface area contributed by atoms with Crippen molar-refractivity contribution in [3.05, 3.63) is 87.6 Å². The van der Waals surface area contributed by atoms with E-state index in [0.717, 1.165) is 36.3 Å². The number of amides is 3. The first-order chi connectivity index (χ1) is 16.2. The topological polar surface area (TPSA) is 70.7 Å². The van der Waals surface area contributed by atoms with Gasteiger partial charge in [-0.15, -0.1) is 11.3 Å². The van der Waals surface area contributed by atoms with E-state index in [2.05, 4.69) is 22.1 Å². The Kier molecular flexibility index (Phi) is 7.98. The molecule has 4 rings (SSSR count). The molecule has 3 amide bonds. The van der Waals surface area contributed by atoms with Crippen LogP contribution in [0.1, 0.15) is 28.0 Å². The number of nitrogens with zero attached hydrogens (tertiary/aromatic N) is 1. The molecule has 2 heterocycles. The first-order valence-electron chi connectivity index (χ1n) is 11.3. The standard InChI is InChI=1S/C26H29N3O3S/c30-25(29-16-12-24-22(18-29)13-17-33-24)11-15-28-26(31)27-14-10-20-6-8-23(9-7-20)32-19-21-4-2-1-3-5-21/h1-9,13,17H,10-12,14-16,18-19H2,(H2,27,28,31). The van der Waals surface area contributed by atoms with Crippen molar-refractivity contribution in [2.24, 2.45) is 0 Å². The third kappa shape index (κ3) is 6.83. The van der Waals surface area contributed by atoms with E-state index in [1.165, 1.54) is 10.4 Å². The Hall–Kier alpha value is -3.32. The van der Waals surface area contributed by atoms with Gasteiger partial charge in [-0.2, -0.15) is 0 Å². The van der Waals surface area contributed by atoms with Crippen LogP contribution in [-0.2, 0) is 30.8 Å². The molecule has 0 saturated heterocycles. The van der Waals surface area contributed by atoms with Crippen molar-refractivity contribution in [1.29, 1.82) is 0 Å². The summed E-state index contributed by atoms with van der Waals surface area (Å²) in [4.78, 5) is 27.7. The number of hydrogen-bond donors (Lipinski definition) is 2. The van der Waals surface area contributed by atoms with Crippen LogP contribution >= 0.6 is 11.3 Å². The van der Waals surface area contributed by atoms with Crippen molar-refractivity contribution < 1.29 is 14.3 Å². The first kappa shape index (κ1) is 22.9. The summed E-state index contributed by atoms with van der Waals surface area (Å²) in [6.07, 6.45) is 1.96. The number of rotatable bonds is 9. The Balaban J connectivity index is 1.09. The molecule has 0 bridgehead atoms. The minimum atomic E-state index is -0.246. The highest BCUT2D eigenvalue weighted by Crippen LogP contribution is 2.24. The number of urea groups is 1. The molecule has 6 nitrogen and oxygen atoms in total. The lowest BCUT2D eigenvalue weighted by atomic mass is 10.1. The van der Waals surface area contributed by atoms with Crippen molar-refractivity contribution in [2.75, 3.05) is 19.6 Å². The van der Waals surface area contributed by atoms with Gasteiger partial charge in [0.25, 0.3) is 0 Å². The van der Waals surface area contributed by atoms with Crippen molar-refractivity contribution in [3.8, 4) is 5.75 Å². The van der Waals surface area contributed by atoms with Gasteiger partial charge in [0, 0.05) is 37.5 Å². The minimum Gasteiger partial charge on any atom is -0.489 e. The number of carbonyl (C=O) groups is 2. The zero-order valence-corrected chi connectivity index (χ0v) is 19.4. The Labute approximate surface area is 198 Å². The average Bonchev–Trinajstić information content (AvgIpc) is 3.32. The quantitative estimate of drug-likeness (QED) is 0.501. The Morgan fingerprint density at radius 2 is 1.73 bits per heavy atom. The van der Waals surface area contributed by atoms with E-state index in [-0.39, 0.29) is 11.9 Å². The fourth-order valence-corrected chi connectivity index (χ4v) is 4.67. The van der Waals surface area contributed by atoms with Gasteiger partial charge in [-0.25, -0.2) is 4.79 Å². The SMILES string of the molecule is O=C(NCCC(=O)N1CCc2sccc2C1)NCCc1ccc(OCc2ccccc2)cc1. The molecule has 7 heteroatoms. The number of benzene rings is 2. The van der Waals surface area contributed by atoms with Gasteiger partial charge >= 0.3 is 6.03 Å². The van der Waals surface area contributed by atoms with Crippen LogP contribution in [0.25, 0.3) is 0 Å². The fraction of sp³-hybridized carbons (Fsp3) is 0.308. The third-order valence-electron chi connectivity index (χ3n) is 5.66. The van der Waals surface area contributed by atoms with E-state index in [0.29, 0.717) is 32.7 Å². The number of ether oxygens (including phenoxy) is 1. The van der Waals surface area contributed by atoms with Crippen molar-refractivity contribution >= 4 is 23.3 Å². The second-order valence-electron chi connectivity index (χ2n) is 8.04. The molecule has 0 fully saturated rings. The predicted molar refractivity (Wildman–Crippen MR) is 130 cm³/mol. The second kappa shape index (κ2) is 11.5. The predicted octanol–water partition coefficient (Wildman–Crippen LogP) is 4.14. The normalized spacial score (nSPS) is 12.7. The van der Waals surface area contributed by atoms with Gasteiger partial charge in [-0.05, 0) is 53.1 Å². The summed E-state index contributed by atoms with van der Waals surface area (Å²) in [5.74, 6) is 0.906. The average molecular weight is 464 g/mol. The monoisotopic (exact) mass is 463 g/mol. The highest BCUT2D eigenvalue weighted by molar-refractivity contribution is 7.10. The van der Waals surface area contributed by atoms with Crippen molar-refractivity contribution in [3.63, 3.8) is 0 Å². The summed E-state index contributed by atoms with van der Waals surface area (Å²) >= 11 is 1.76. The molecule has 0 atom stereocenters. The molecule has 0 spiro atoms. The van der Waals surface area contributed by atoms with E-state index in [1.54, 1.807) is 11.3 Å². The van der Waals surface area contributed by atoms with E-state index < -0.39 is 0 Å². The molecule has 1 aliphatic rings. The smallest absolute Gasteiger partial charge is 0.314 e. The number of fused-ring (bicyclic) bond motifs is 1. The van der Waals surface area contributed by atoms with Gasteiger partial charge in [-0.3, -0.25) is 4.79 Å². The van der Waals surface area contributed by atoms with Crippen LogP contribution in [0.15, 0.2) is 66.0 Å².